The number of carbonyl (C=O) groups is 2. The molecule has 0 radical (unpaired) electrons. The van der Waals surface area contributed by atoms with Crippen molar-refractivity contribution in [3.05, 3.63) is 0 Å². The Labute approximate surface area is 143 Å². The molecule has 136 valence electrons. The minimum atomic E-state index is -0.480. The Kier molecular flexibility index (Phi) is 4.00. The number of carbonyl (C=O) groups excluding carboxylic acids is 2. The van der Waals surface area contributed by atoms with Crippen LogP contribution in [-0.4, -0.2) is 49.6 Å². The van der Waals surface area contributed by atoms with Crippen LogP contribution >= 0.6 is 0 Å². The zero-order valence-corrected chi connectivity index (χ0v) is 15.4. The van der Waals surface area contributed by atoms with Crippen molar-refractivity contribution in [2.75, 3.05) is 13.2 Å². The molecule has 0 aromatic carbocycles. The fourth-order valence-corrected chi connectivity index (χ4v) is 4.64. The highest BCUT2D eigenvalue weighted by atomic mass is 16.7. The van der Waals surface area contributed by atoms with Gasteiger partial charge in [-0.05, 0) is 17.3 Å². The zero-order chi connectivity index (χ0) is 17.9. The molecule has 0 N–H and O–H groups in total. The van der Waals surface area contributed by atoms with E-state index in [9.17, 15) is 9.59 Å². The predicted molar refractivity (Wildman–Crippen MR) is 85.2 cm³/mol. The van der Waals surface area contributed by atoms with E-state index in [-0.39, 0.29) is 48.2 Å². The second-order valence-electron chi connectivity index (χ2n) is 8.90. The number of hydrogen-bond acceptors (Lipinski definition) is 6. The molecule has 3 aliphatic rings. The first kappa shape index (κ1) is 17.7. The first-order chi connectivity index (χ1) is 11.0. The van der Waals surface area contributed by atoms with Gasteiger partial charge in [-0.3, -0.25) is 9.59 Å². The van der Waals surface area contributed by atoms with E-state index in [2.05, 4.69) is 34.6 Å². The molecule has 2 saturated heterocycles. The Balaban J connectivity index is 1.68. The molecule has 0 bridgehead atoms. The van der Waals surface area contributed by atoms with E-state index in [1.165, 1.54) is 6.92 Å². The average molecular weight is 340 g/mol. The summed E-state index contributed by atoms with van der Waals surface area (Å²) in [6, 6.07) is 0. The molecule has 3 rings (SSSR count). The lowest BCUT2D eigenvalue weighted by molar-refractivity contribution is -0.167. The number of fused-ring (bicyclic) bond motifs is 1. The maximum atomic E-state index is 13.0. The number of esters is 2. The number of ether oxygens (including phenoxy) is 4. The molecule has 0 aromatic heterocycles. The Hall–Kier alpha value is -1.14. The van der Waals surface area contributed by atoms with Crippen LogP contribution in [0.15, 0.2) is 0 Å². The average Bonchev–Trinajstić information content (AvgIpc) is 2.73. The van der Waals surface area contributed by atoms with Crippen molar-refractivity contribution in [1.29, 1.82) is 0 Å². The second-order valence-corrected chi connectivity index (χ2v) is 8.90. The quantitative estimate of drug-likeness (QED) is 0.733. The first-order valence-electron chi connectivity index (χ1n) is 8.61. The van der Waals surface area contributed by atoms with Gasteiger partial charge in [-0.25, -0.2) is 0 Å². The monoisotopic (exact) mass is 340 g/mol. The minimum Gasteiger partial charge on any atom is -0.457 e. The molecule has 5 unspecified atom stereocenters. The second kappa shape index (κ2) is 5.43. The van der Waals surface area contributed by atoms with Gasteiger partial charge < -0.3 is 18.9 Å². The molecule has 24 heavy (non-hydrogen) atoms. The lowest BCUT2D eigenvalue weighted by Crippen LogP contribution is -2.41. The fraction of sp³-hybridized carbons (Fsp3) is 0.889. The molecule has 0 spiro atoms. The van der Waals surface area contributed by atoms with Crippen molar-refractivity contribution >= 4 is 11.9 Å². The SMILES string of the molecule is CC(=O)OC1COC2C(OC(=O)C3(C(C)(C)C)CC3(C)C)COC12. The summed E-state index contributed by atoms with van der Waals surface area (Å²) in [5, 5.41) is 0. The van der Waals surface area contributed by atoms with Crippen LogP contribution in [-0.2, 0) is 28.5 Å². The van der Waals surface area contributed by atoms with E-state index in [0.29, 0.717) is 0 Å². The van der Waals surface area contributed by atoms with Crippen LogP contribution in [0.4, 0.5) is 0 Å². The van der Waals surface area contributed by atoms with E-state index < -0.39 is 17.6 Å². The molecule has 2 aliphatic heterocycles. The van der Waals surface area contributed by atoms with Gasteiger partial charge in [0.25, 0.3) is 0 Å². The third-order valence-corrected chi connectivity index (χ3v) is 5.90. The zero-order valence-electron chi connectivity index (χ0n) is 15.4. The lowest BCUT2D eigenvalue weighted by atomic mass is 9.73. The third kappa shape index (κ3) is 2.54. The van der Waals surface area contributed by atoms with E-state index in [4.69, 9.17) is 18.9 Å². The van der Waals surface area contributed by atoms with Crippen molar-refractivity contribution in [3.63, 3.8) is 0 Å². The lowest BCUT2D eigenvalue weighted by Gasteiger charge is -2.33. The van der Waals surface area contributed by atoms with Gasteiger partial charge >= 0.3 is 11.9 Å². The molecule has 5 atom stereocenters. The topological polar surface area (TPSA) is 71.1 Å². The molecular formula is C18H28O6. The normalized spacial score (nSPS) is 40.1. The molecule has 6 nitrogen and oxygen atoms in total. The summed E-state index contributed by atoms with van der Waals surface area (Å²) in [7, 11) is 0. The Bertz CT molecular complexity index is 548. The van der Waals surface area contributed by atoms with Crippen molar-refractivity contribution in [2.45, 2.75) is 72.4 Å². The molecule has 6 heteroatoms. The summed E-state index contributed by atoms with van der Waals surface area (Å²) >= 11 is 0. The fourth-order valence-electron chi connectivity index (χ4n) is 4.64. The van der Waals surface area contributed by atoms with Crippen LogP contribution < -0.4 is 0 Å². The third-order valence-electron chi connectivity index (χ3n) is 5.90. The Morgan fingerprint density at radius 1 is 1.00 bits per heavy atom. The van der Waals surface area contributed by atoms with E-state index in [1.54, 1.807) is 0 Å². The summed E-state index contributed by atoms with van der Waals surface area (Å²) in [6.45, 7) is 12.4. The van der Waals surface area contributed by atoms with Crippen LogP contribution in [0.1, 0.15) is 48.0 Å². The number of rotatable bonds is 3. The van der Waals surface area contributed by atoms with Gasteiger partial charge in [0.2, 0.25) is 0 Å². The largest absolute Gasteiger partial charge is 0.457 e. The maximum absolute atomic E-state index is 13.0. The highest BCUT2D eigenvalue weighted by Gasteiger charge is 2.73. The van der Waals surface area contributed by atoms with Gasteiger partial charge in [0.1, 0.15) is 12.2 Å². The van der Waals surface area contributed by atoms with Crippen LogP contribution in [0.5, 0.6) is 0 Å². The smallest absolute Gasteiger partial charge is 0.313 e. The molecular weight excluding hydrogens is 312 g/mol. The van der Waals surface area contributed by atoms with Crippen molar-refractivity contribution < 1.29 is 28.5 Å². The van der Waals surface area contributed by atoms with E-state index in [0.717, 1.165) is 6.42 Å². The Morgan fingerprint density at radius 2 is 1.46 bits per heavy atom. The molecule has 1 aliphatic carbocycles. The van der Waals surface area contributed by atoms with Gasteiger partial charge in [-0.15, -0.1) is 0 Å². The van der Waals surface area contributed by atoms with Gasteiger partial charge in [0.05, 0.1) is 18.6 Å². The molecule has 1 saturated carbocycles. The van der Waals surface area contributed by atoms with Crippen molar-refractivity contribution in [2.24, 2.45) is 16.2 Å². The summed E-state index contributed by atoms with van der Waals surface area (Å²) in [6.07, 6.45) is -0.772. The molecule has 2 heterocycles. The highest BCUT2D eigenvalue weighted by Crippen LogP contribution is 2.72. The maximum Gasteiger partial charge on any atom is 0.313 e. The van der Waals surface area contributed by atoms with Gasteiger partial charge in [0, 0.05) is 6.92 Å². The van der Waals surface area contributed by atoms with Gasteiger partial charge in [-0.2, -0.15) is 0 Å². The van der Waals surface area contributed by atoms with E-state index in [1.807, 2.05) is 0 Å². The number of hydrogen-bond donors (Lipinski definition) is 0. The highest BCUT2D eigenvalue weighted by molar-refractivity contribution is 5.83. The molecule has 0 amide bonds. The molecule has 3 fully saturated rings. The summed E-state index contributed by atoms with van der Waals surface area (Å²) < 4.78 is 22.4. The molecule has 0 aromatic rings. The summed E-state index contributed by atoms with van der Waals surface area (Å²) in [5.74, 6) is -0.534. The predicted octanol–water partition coefficient (Wildman–Crippen LogP) is 2.09. The van der Waals surface area contributed by atoms with E-state index >= 15 is 0 Å². The van der Waals surface area contributed by atoms with Crippen molar-refractivity contribution in [3.8, 4) is 0 Å². The van der Waals surface area contributed by atoms with Crippen LogP contribution in [0.2, 0.25) is 0 Å². The van der Waals surface area contributed by atoms with Crippen LogP contribution in [0, 0.1) is 16.2 Å². The van der Waals surface area contributed by atoms with Gasteiger partial charge in [0.15, 0.2) is 12.2 Å². The standard InChI is InChI=1S/C18H28O6/c1-10(19)23-11-7-21-14-12(8-22-13(11)14)24-15(20)18(16(2,3)4)9-17(18,5)6/h11-14H,7-9H2,1-6H3. The minimum absolute atomic E-state index is 0.0714. The first-order valence-corrected chi connectivity index (χ1v) is 8.61. The summed E-state index contributed by atoms with van der Waals surface area (Å²) in [5.41, 5.74) is -0.729. The van der Waals surface area contributed by atoms with Crippen LogP contribution in [0.3, 0.4) is 0 Å². The summed E-state index contributed by atoms with van der Waals surface area (Å²) in [4.78, 5) is 24.1. The Morgan fingerprint density at radius 3 is 1.83 bits per heavy atom. The van der Waals surface area contributed by atoms with Crippen LogP contribution in [0.25, 0.3) is 0 Å². The van der Waals surface area contributed by atoms with Crippen molar-refractivity contribution in [1.82, 2.24) is 0 Å². The van der Waals surface area contributed by atoms with Gasteiger partial charge in [-0.1, -0.05) is 34.6 Å².